The molecule has 3 aliphatic rings. The highest BCUT2D eigenvalue weighted by Gasteiger charge is 2.33. The first kappa shape index (κ1) is 23.9. The Morgan fingerprint density at radius 3 is 2.56 bits per heavy atom. The van der Waals surface area contributed by atoms with Gasteiger partial charge in [0.05, 0.1) is 11.4 Å². The van der Waals surface area contributed by atoms with E-state index in [0.717, 1.165) is 61.2 Å². The highest BCUT2D eigenvalue weighted by atomic mass is 16.5. The highest BCUT2D eigenvalue weighted by molar-refractivity contribution is 6.14. The lowest BCUT2D eigenvalue weighted by Gasteiger charge is -2.25. The average molecular weight is 485 g/mol. The van der Waals surface area contributed by atoms with Crippen molar-refractivity contribution in [3.05, 3.63) is 78.1 Å². The molecule has 2 aromatic rings. The van der Waals surface area contributed by atoms with E-state index in [9.17, 15) is 9.59 Å². The van der Waals surface area contributed by atoms with Gasteiger partial charge in [-0.1, -0.05) is 43.5 Å². The van der Waals surface area contributed by atoms with Crippen LogP contribution in [0.2, 0.25) is 0 Å². The number of urea groups is 1. The molecule has 0 radical (unpaired) electrons. The first-order valence-corrected chi connectivity index (χ1v) is 12.8. The van der Waals surface area contributed by atoms with Gasteiger partial charge < -0.3 is 20.3 Å². The monoisotopic (exact) mass is 484 g/mol. The van der Waals surface area contributed by atoms with Crippen LogP contribution in [0, 0.1) is 5.92 Å². The number of nitrogens with zero attached hydrogens (tertiary/aromatic N) is 2. The summed E-state index contributed by atoms with van der Waals surface area (Å²) in [6, 6.07) is 14.5. The quantitative estimate of drug-likeness (QED) is 0.563. The number of aliphatic imine (C=N–C) groups is 1. The minimum absolute atomic E-state index is 0.263. The maximum atomic E-state index is 13.3. The van der Waals surface area contributed by atoms with Crippen LogP contribution in [-0.2, 0) is 4.79 Å². The van der Waals surface area contributed by atoms with Crippen molar-refractivity contribution < 1.29 is 14.3 Å². The van der Waals surface area contributed by atoms with Crippen molar-refractivity contribution in [3.8, 4) is 5.75 Å². The van der Waals surface area contributed by atoms with E-state index < -0.39 is 12.2 Å². The number of hydrogen-bond acceptors (Lipinski definition) is 4. The van der Waals surface area contributed by atoms with Crippen molar-refractivity contribution in [2.24, 2.45) is 10.9 Å². The topological polar surface area (TPSA) is 83.0 Å². The molecule has 1 aliphatic heterocycles. The minimum Gasteiger partial charge on any atom is -0.458 e. The molecule has 2 aliphatic carbocycles. The standard InChI is InChI=1S/C29H32N4O3/c1-33-25-15-9-8-14-24(25)26(20-10-4-2-5-11-20)31-27(28(33)34)32-29(35)30-21-16-18-23(19-17-21)36-22-12-6-3-7-13-22/h6,8-9,12-20,27H,2-5,7,10-11H2,1H3,(H2,30,32,35). The number of carbonyl (C=O) groups is 2. The van der Waals surface area contributed by atoms with Crippen molar-refractivity contribution in [2.75, 3.05) is 17.3 Å². The van der Waals surface area contributed by atoms with Crippen LogP contribution in [-0.4, -0.2) is 30.9 Å². The van der Waals surface area contributed by atoms with Crippen LogP contribution in [0.15, 0.2) is 77.5 Å². The lowest BCUT2D eigenvalue weighted by Crippen LogP contribution is -2.47. The second kappa shape index (κ2) is 10.8. The number of benzodiazepines with no additional fused rings is 1. The number of para-hydroxylation sites is 1. The number of likely N-dealkylation sites (N-methyl/N-ethyl adjacent to an activating group) is 1. The molecule has 2 N–H and O–H groups in total. The molecule has 36 heavy (non-hydrogen) atoms. The summed E-state index contributed by atoms with van der Waals surface area (Å²) in [5.41, 5.74) is 3.32. The summed E-state index contributed by atoms with van der Waals surface area (Å²) in [4.78, 5) is 32.6. The van der Waals surface area contributed by atoms with Gasteiger partial charge in [-0.25, -0.2) is 4.79 Å². The zero-order valence-corrected chi connectivity index (χ0v) is 20.6. The molecule has 1 fully saturated rings. The van der Waals surface area contributed by atoms with Crippen LogP contribution in [0.3, 0.4) is 0 Å². The van der Waals surface area contributed by atoms with Gasteiger partial charge >= 0.3 is 6.03 Å². The van der Waals surface area contributed by atoms with E-state index in [4.69, 9.17) is 9.73 Å². The summed E-state index contributed by atoms with van der Waals surface area (Å²) in [6.45, 7) is 0. The van der Waals surface area contributed by atoms with Crippen LogP contribution < -0.4 is 20.3 Å². The van der Waals surface area contributed by atoms with Crippen molar-refractivity contribution in [3.63, 3.8) is 0 Å². The van der Waals surface area contributed by atoms with Crippen molar-refractivity contribution >= 4 is 29.0 Å². The lowest BCUT2D eigenvalue weighted by atomic mass is 9.83. The third kappa shape index (κ3) is 5.35. The van der Waals surface area contributed by atoms with Crippen molar-refractivity contribution in [1.82, 2.24) is 5.32 Å². The van der Waals surface area contributed by atoms with E-state index in [1.807, 2.05) is 30.3 Å². The van der Waals surface area contributed by atoms with Crippen LogP contribution in [0.4, 0.5) is 16.2 Å². The SMILES string of the molecule is CN1C(=O)C(NC(=O)Nc2ccc(OC3=CCCC=C3)cc2)N=C(C2CCCCC2)c2ccccc21. The fraction of sp³-hybridized carbons (Fsp3) is 0.345. The molecule has 0 saturated heterocycles. The first-order valence-electron chi connectivity index (χ1n) is 12.8. The van der Waals surface area contributed by atoms with Crippen molar-refractivity contribution in [1.29, 1.82) is 0 Å². The summed E-state index contributed by atoms with van der Waals surface area (Å²) in [5.74, 6) is 1.54. The largest absolute Gasteiger partial charge is 0.458 e. The van der Waals surface area contributed by atoms with E-state index in [2.05, 4.69) is 22.8 Å². The van der Waals surface area contributed by atoms with Gasteiger partial charge in [-0.05, 0) is 68.2 Å². The molecular formula is C29H32N4O3. The van der Waals surface area contributed by atoms with Gasteiger partial charge in [0.25, 0.3) is 5.91 Å². The van der Waals surface area contributed by atoms with Gasteiger partial charge in [0.1, 0.15) is 11.5 Å². The average Bonchev–Trinajstić information content (AvgIpc) is 3.01. The Hall–Kier alpha value is -3.87. The van der Waals surface area contributed by atoms with Crippen LogP contribution in [0.25, 0.3) is 0 Å². The Kier molecular flexibility index (Phi) is 7.16. The van der Waals surface area contributed by atoms with E-state index in [1.165, 1.54) is 6.42 Å². The number of benzene rings is 2. The number of allylic oxidation sites excluding steroid dienone is 3. The van der Waals surface area contributed by atoms with Crippen LogP contribution in [0.1, 0.15) is 50.5 Å². The lowest BCUT2D eigenvalue weighted by molar-refractivity contribution is -0.119. The van der Waals surface area contributed by atoms with Gasteiger partial charge in [-0.3, -0.25) is 9.79 Å². The molecule has 1 heterocycles. The zero-order valence-electron chi connectivity index (χ0n) is 20.6. The molecule has 1 saturated carbocycles. The summed E-state index contributed by atoms with van der Waals surface area (Å²) in [7, 11) is 1.74. The fourth-order valence-corrected chi connectivity index (χ4v) is 5.04. The van der Waals surface area contributed by atoms with Gasteiger partial charge in [-0.2, -0.15) is 0 Å². The smallest absolute Gasteiger partial charge is 0.321 e. The molecule has 3 amide bonds. The Labute approximate surface area is 211 Å². The molecule has 0 aromatic heterocycles. The molecule has 0 spiro atoms. The molecule has 186 valence electrons. The highest BCUT2D eigenvalue weighted by Crippen LogP contribution is 2.33. The second-order valence-corrected chi connectivity index (χ2v) is 9.48. The molecular weight excluding hydrogens is 452 g/mol. The summed E-state index contributed by atoms with van der Waals surface area (Å²) < 4.78 is 5.85. The van der Waals surface area contributed by atoms with Crippen LogP contribution >= 0.6 is 0 Å². The molecule has 5 rings (SSSR count). The number of amides is 3. The predicted octanol–water partition coefficient (Wildman–Crippen LogP) is 5.79. The van der Waals surface area contributed by atoms with Gasteiger partial charge in [0.2, 0.25) is 6.17 Å². The van der Waals surface area contributed by atoms with E-state index in [1.54, 1.807) is 36.2 Å². The normalized spacial score (nSPS) is 20.1. The fourth-order valence-electron chi connectivity index (χ4n) is 5.04. The number of rotatable bonds is 5. The zero-order chi connectivity index (χ0) is 24.9. The molecule has 7 nitrogen and oxygen atoms in total. The van der Waals surface area contributed by atoms with Crippen molar-refractivity contribution in [2.45, 2.75) is 51.1 Å². The Morgan fingerprint density at radius 1 is 1.03 bits per heavy atom. The number of hydrogen-bond donors (Lipinski definition) is 2. The summed E-state index contributed by atoms with van der Waals surface area (Å²) in [6.07, 6.45) is 12.7. The molecule has 2 aromatic carbocycles. The summed E-state index contributed by atoms with van der Waals surface area (Å²) >= 11 is 0. The number of carbonyl (C=O) groups excluding carboxylic acids is 2. The van der Waals surface area contributed by atoms with E-state index in [0.29, 0.717) is 11.4 Å². The Morgan fingerprint density at radius 2 is 1.81 bits per heavy atom. The number of ether oxygens (including phenoxy) is 1. The van der Waals surface area contributed by atoms with E-state index in [-0.39, 0.29) is 11.8 Å². The van der Waals surface area contributed by atoms with Crippen LogP contribution in [0.5, 0.6) is 5.75 Å². The van der Waals surface area contributed by atoms with Gasteiger partial charge in [-0.15, -0.1) is 0 Å². The Bertz CT molecular complexity index is 1210. The molecule has 7 heteroatoms. The minimum atomic E-state index is -0.994. The number of nitrogens with one attached hydrogen (secondary N) is 2. The van der Waals surface area contributed by atoms with Gasteiger partial charge in [0, 0.05) is 24.2 Å². The van der Waals surface area contributed by atoms with Gasteiger partial charge in [0.15, 0.2) is 0 Å². The summed E-state index contributed by atoms with van der Waals surface area (Å²) in [5, 5.41) is 5.61. The third-order valence-electron chi connectivity index (χ3n) is 6.94. The maximum absolute atomic E-state index is 13.3. The third-order valence-corrected chi connectivity index (χ3v) is 6.94. The van der Waals surface area contributed by atoms with E-state index >= 15 is 0 Å². The number of anilines is 2. The second-order valence-electron chi connectivity index (χ2n) is 9.48. The molecule has 0 bridgehead atoms. The molecule has 1 unspecified atom stereocenters. The number of fused-ring (bicyclic) bond motifs is 1. The first-order chi connectivity index (χ1) is 17.6. The Balaban J connectivity index is 1.30. The maximum Gasteiger partial charge on any atom is 0.321 e. The molecule has 1 atom stereocenters. The predicted molar refractivity (Wildman–Crippen MR) is 142 cm³/mol.